The maximum Gasteiger partial charge on any atom is 0.309 e. The van der Waals surface area contributed by atoms with Crippen molar-refractivity contribution < 1.29 is 29.3 Å². The molecule has 0 radical (unpaired) electrons. The minimum Gasteiger partial charge on any atom is -0.494 e. The standard InChI is InChI=1S/C20H29BrO6/c1-19(2,17(22)23)9-5-11-26-14-7-8-16(15(21)13-14)27-12-6-10-20(3,4)18(24)25/h7-8,13H,5-6,9-12H2,1-4H3,(H,22,23)(H,24,25). The van der Waals surface area contributed by atoms with E-state index in [9.17, 15) is 9.59 Å². The summed E-state index contributed by atoms with van der Waals surface area (Å²) >= 11 is 3.44. The largest absolute Gasteiger partial charge is 0.494 e. The molecule has 0 saturated heterocycles. The van der Waals surface area contributed by atoms with Gasteiger partial charge in [-0.2, -0.15) is 0 Å². The quantitative estimate of drug-likeness (QED) is 0.441. The molecule has 2 N–H and O–H groups in total. The molecule has 6 nitrogen and oxygen atoms in total. The first-order valence-electron chi connectivity index (χ1n) is 8.98. The molecule has 1 rings (SSSR count). The molecule has 0 aliphatic carbocycles. The van der Waals surface area contributed by atoms with Crippen molar-refractivity contribution in [1.82, 2.24) is 0 Å². The van der Waals surface area contributed by atoms with Crippen LogP contribution in [0.4, 0.5) is 0 Å². The van der Waals surface area contributed by atoms with E-state index >= 15 is 0 Å². The van der Waals surface area contributed by atoms with E-state index < -0.39 is 22.8 Å². The van der Waals surface area contributed by atoms with E-state index in [0.29, 0.717) is 50.4 Å². The van der Waals surface area contributed by atoms with Gasteiger partial charge in [0.15, 0.2) is 0 Å². The summed E-state index contributed by atoms with van der Waals surface area (Å²) in [5.41, 5.74) is -1.51. The zero-order valence-corrected chi connectivity index (χ0v) is 18.0. The summed E-state index contributed by atoms with van der Waals surface area (Å²) in [6.45, 7) is 7.68. The Labute approximate surface area is 169 Å². The first-order chi connectivity index (χ1) is 12.5. The van der Waals surface area contributed by atoms with Crippen LogP contribution in [0.15, 0.2) is 22.7 Å². The van der Waals surface area contributed by atoms with Crippen LogP contribution in [0.2, 0.25) is 0 Å². The third kappa shape index (κ3) is 7.79. The smallest absolute Gasteiger partial charge is 0.309 e. The van der Waals surface area contributed by atoms with Gasteiger partial charge in [0, 0.05) is 0 Å². The van der Waals surface area contributed by atoms with E-state index in [1.54, 1.807) is 45.9 Å². The summed E-state index contributed by atoms with van der Waals surface area (Å²) < 4.78 is 12.1. The molecule has 0 bridgehead atoms. The van der Waals surface area contributed by atoms with Crippen molar-refractivity contribution in [1.29, 1.82) is 0 Å². The highest BCUT2D eigenvalue weighted by Gasteiger charge is 2.27. The number of carboxylic acid groups (broad SMARTS) is 2. The number of carboxylic acids is 2. The molecule has 7 heteroatoms. The third-order valence-corrected chi connectivity index (χ3v) is 5.10. The fourth-order valence-electron chi connectivity index (χ4n) is 2.30. The normalized spacial score (nSPS) is 11.9. The van der Waals surface area contributed by atoms with Gasteiger partial charge in [0.25, 0.3) is 0 Å². The minimum atomic E-state index is -0.808. The Balaban J connectivity index is 2.41. The Bertz CT molecular complexity index is 654. The Morgan fingerprint density at radius 1 is 0.926 bits per heavy atom. The van der Waals surface area contributed by atoms with E-state index in [4.69, 9.17) is 19.7 Å². The third-order valence-electron chi connectivity index (χ3n) is 4.48. The zero-order valence-electron chi connectivity index (χ0n) is 16.4. The van der Waals surface area contributed by atoms with Crippen LogP contribution in [0.25, 0.3) is 0 Å². The molecule has 0 heterocycles. The molecular weight excluding hydrogens is 416 g/mol. The summed E-state index contributed by atoms with van der Waals surface area (Å²) in [5.74, 6) is -0.271. The lowest BCUT2D eigenvalue weighted by atomic mass is 9.88. The molecule has 0 fully saturated rings. The van der Waals surface area contributed by atoms with Crippen LogP contribution in [-0.4, -0.2) is 35.4 Å². The van der Waals surface area contributed by atoms with Crippen molar-refractivity contribution in [3.05, 3.63) is 22.7 Å². The highest BCUT2D eigenvalue weighted by Crippen LogP contribution is 2.30. The summed E-state index contributed by atoms with van der Waals surface area (Å²) in [7, 11) is 0. The van der Waals surface area contributed by atoms with Crippen molar-refractivity contribution in [2.45, 2.75) is 53.4 Å². The van der Waals surface area contributed by atoms with Crippen LogP contribution < -0.4 is 9.47 Å². The Hall–Kier alpha value is -1.76. The molecule has 0 amide bonds. The topological polar surface area (TPSA) is 93.1 Å². The van der Waals surface area contributed by atoms with Crippen LogP contribution in [0.5, 0.6) is 11.5 Å². The van der Waals surface area contributed by atoms with E-state index in [2.05, 4.69) is 15.9 Å². The summed E-state index contributed by atoms with van der Waals surface area (Å²) in [6, 6.07) is 5.39. The van der Waals surface area contributed by atoms with E-state index in [-0.39, 0.29) is 0 Å². The minimum absolute atomic E-state index is 0.430. The molecule has 0 atom stereocenters. The van der Waals surface area contributed by atoms with Gasteiger partial charge in [-0.15, -0.1) is 0 Å². The number of aliphatic carboxylic acids is 2. The van der Waals surface area contributed by atoms with Crippen LogP contribution in [0, 0.1) is 10.8 Å². The van der Waals surface area contributed by atoms with Crippen molar-refractivity contribution >= 4 is 27.9 Å². The summed E-state index contributed by atoms with van der Waals surface area (Å²) in [6.07, 6.45) is 2.36. The number of hydrogen-bond acceptors (Lipinski definition) is 4. The predicted octanol–water partition coefficient (Wildman–Crippen LogP) is 4.99. The number of ether oxygens (including phenoxy) is 2. The number of halogens is 1. The Morgan fingerprint density at radius 3 is 1.85 bits per heavy atom. The molecule has 152 valence electrons. The SMILES string of the molecule is CC(C)(CCCOc1ccc(OCCCC(C)(C)C(=O)O)c(Br)c1)C(=O)O. The van der Waals surface area contributed by atoms with Crippen LogP contribution >= 0.6 is 15.9 Å². The average Bonchev–Trinajstić information content (AvgIpc) is 2.56. The Morgan fingerprint density at radius 2 is 1.41 bits per heavy atom. The average molecular weight is 445 g/mol. The molecular formula is C20H29BrO6. The molecule has 0 aromatic heterocycles. The first-order valence-corrected chi connectivity index (χ1v) is 9.77. The van der Waals surface area contributed by atoms with Crippen LogP contribution in [-0.2, 0) is 9.59 Å². The fraction of sp³-hybridized carbons (Fsp3) is 0.600. The maximum atomic E-state index is 11.1. The summed E-state index contributed by atoms with van der Waals surface area (Å²) in [4.78, 5) is 22.2. The molecule has 0 unspecified atom stereocenters. The number of hydrogen-bond donors (Lipinski definition) is 2. The van der Waals surface area contributed by atoms with Crippen molar-refractivity contribution in [3.8, 4) is 11.5 Å². The van der Waals surface area contributed by atoms with Gasteiger partial charge in [0.05, 0.1) is 28.5 Å². The molecule has 27 heavy (non-hydrogen) atoms. The van der Waals surface area contributed by atoms with Gasteiger partial charge in [0.1, 0.15) is 11.5 Å². The lowest BCUT2D eigenvalue weighted by Crippen LogP contribution is -2.24. The van der Waals surface area contributed by atoms with Gasteiger partial charge in [-0.3, -0.25) is 9.59 Å². The zero-order chi connectivity index (χ0) is 20.7. The molecule has 0 aliphatic rings. The van der Waals surface area contributed by atoms with E-state index in [1.165, 1.54) is 0 Å². The molecule has 0 aliphatic heterocycles. The second-order valence-corrected chi connectivity index (χ2v) is 8.73. The lowest BCUT2D eigenvalue weighted by Gasteiger charge is -2.19. The van der Waals surface area contributed by atoms with E-state index in [1.807, 2.05) is 0 Å². The van der Waals surface area contributed by atoms with Crippen molar-refractivity contribution in [2.24, 2.45) is 10.8 Å². The highest BCUT2D eigenvalue weighted by molar-refractivity contribution is 9.10. The Kier molecular flexibility index (Phi) is 8.59. The van der Waals surface area contributed by atoms with Crippen molar-refractivity contribution in [2.75, 3.05) is 13.2 Å². The van der Waals surface area contributed by atoms with Gasteiger partial charge in [-0.1, -0.05) is 0 Å². The van der Waals surface area contributed by atoms with Gasteiger partial charge < -0.3 is 19.7 Å². The second kappa shape index (κ2) is 9.97. The van der Waals surface area contributed by atoms with Gasteiger partial charge in [-0.25, -0.2) is 0 Å². The number of benzene rings is 1. The first kappa shape index (κ1) is 23.3. The van der Waals surface area contributed by atoms with Crippen LogP contribution in [0.3, 0.4) is 0 Å². The number of carbonyl (C=O) groups is 2. The van der Waals surface area contributed by atoms with Crippen molar-refractivity contribution in [3.63, 3.8) is 0 Å². The predicted molar refractivity (Wildman–Crippen MR) is 106 cm³/mol. The molecule has 1 aromatic rings. The summed E-state index contributed by atoms with van der Waals surface area (Å²) in [5, 5.41) is 18.2. The highest BCUT2D eigenvalue weighted by atomic mass is 79.9. The molecule has 1 aromatic carbocycles. The molecule has 0 saturated carbocycles. The fourth-order valence-corrected chi connectivity index (χ4v) is 2.77. The van der Waals surface area contributed by atoms with E-state index in [0.717, 1.165) is 4.47 Å². The monoisotopic (exact) mass is 444 g/mol. The lowest BCUT2D eigenvalue weighted by molar-refractivity contribution is -0.148. The van der Waals surface area contributed by atoms with Gasteiger partial charge in [-0.05, 0) is 87.5 Å². The second-order valence-electron chi connectivity index (χ2n) is 7.87. The van der Waals surface area contributed by atoms with Crippen LogP contribution in [0.1, 0.15) is 53.4 Å². The maximum absolute atomic E-state index is 11.1. The van der Waals surface area contributed by atoms with Gasteiger partial charge in [0.2, 0.25) is 0 Å². The molecule has 0 spiro atoms. The number of rotatable bonds is 12. The van der Waals surface area contributed by atoms with Gasteiger partial charge >= 0.3 is 11.9 Å².